The molecule has 0 radical (unpaired) electrons. The lowest BCUT2D eigenvalue weighted by atomic mass is 9.82. The first-order valence-corrected chi connectivity index (χ1v) is 11.0. The SMILES string of the molecule is O=C1C(=O)C(Nc2c[nH]c3cc(F)c(F)nc23)C1Nc1ccc(Cl)c(C2CCCCC2)c1. The molecule has 2 unspecified atom stereocenters. The van der Waals surface area contributed by atoms with Crippen LogP contribution in [0.15, 0.2) is 30.5 Å². The Morgan fingerprint density at radius 3 is 2.47 bits per heavy atom. The number of aromatic amines is 1. The Labute approximate surface area is 187 Å². The number of ketones is 2. The lowest BCUT2D eigenvalue weighted by Gasteiger charge is -2.35. The number of nitrogens with zero attached hydrogens (tertiary/aromatic N) is 1. The van der Waals surface area contributed by atoms with Crippen LogP contribution >= 0.6 is 11.6 Å². The maximum Gasteiger partial charge on any atom is 0.249 e. The summed E-state index contributed by atoms with van der Waals surface area (Å²) in [5.41, 5.74) is 2.51. The molecule has 2 heterocycles. The van der Waals surface area contributed by atoms with Crippen molar-refractivity contribution in [2.45, 2.75) is 50.1 Å². The van der Waals surface area contributed by atoms with E-state index >= 15 is 0 Å². The van der Waals surface area contributed by atoms with Gasteiger partial charge in [-0.05, 0) is 42.5 Å². The van der Waals surface area contributed by atoms with Gasteiger partial charge >= 0.3 is 0 Å². The van der Waals surface area contributed by atoms with Crippen molar-refractivity contribution in [3.8, 4) is 0 Å². The Hall–Kier alpha value is -3.00. The Balaban J connectivity index is 1.37. The lowest BCUT2D eigenvalue weighted by Crippen LogP contribution is -2.64. The minimum atomic E-state index is -1.23. The number of nitrogens with one attached hydrogen (secondary N) is 3. The molecular formula is C23H21ClF2N4O2. The van der Waals surface area contributed by atoms with Crippen molar-refractivity contribution >= 4 is 45.6 Å². The highest BCUT2D eigenvalue weighted by atomic mass is 35.5. The van der Waals surface area contributed by atoms with E-state index < -0.39 is 35.4 Å². The molecule has 0 spiro atoms. The van der Waals surface area contributed by atoms with Crippen molar-refractivity contribution in [1.29, 1.82) is 0 Å². The van der Waals surface area contributed by atoms with Gasteiger partial charge in [-0.15, -0.1) is 0 Å². The quantitative estimate of drug-likeness (QED) is 0.372. The van der Waals surface area contributed by atoms with Gasteiger partial charge in [-0.25, -0.2) is 9.37 Å². The van der Waals surface area contributed by atoms with E-state index in [9.17, 15) is 18.4 Å². The number of fused-ring (bicyclic) bond motifs is 1. The van der Waals surface area contributed by atoms with Crippen LogP contribution in [-0.2, 0) is 9.59 Å². The van der Waals surface area contributed by atoms with Crippen LogP contribution in [0.2, 0.25) is 5.02 Å². The summed E-state index contributed by atoms with van der Waals surface area (Å²) in [6.07, 6.45) is 7.20. The van der Waals surface area contributed by atoms with Crippen molar-refractivity contribution in [3.05, 3.63) is 52.8 Å². The summed E-state index contributed by atoms with van der Waals surface area (Å²) in [6, 6.07) is 4.89. The number of hydrogen-bond acceptors (Lipinski definition) is 5. The van der Waals surface area contributed by atoms with E-state index in [1.807, 2.05) is 12.1 Å². The molecule has 1 aromatic carbocycles. The first kappa shape index (κ1) is 20.9. The molecule has 0 amide bonds. The maximum atomic E-state index is 13.6. The third-order valence-electron chi connectivity index (χ3n) is 6.38. The smallest absolute Gasteiger partial charge is 0.249 e. The molecule has 0 bridgehead atoms. The van der Waals surface area contributed by atoms with E-state index in [1.54, 1.807) is 6.07 Å². The molecule has 2 aliphatic rings. The topological polar surface area (TPSA) is 86.9 Å². The maximum absolute atomic E-state index is 13.6. The number of rotatable bonds is 5. The first-order valence-electron chi connectivity index (χ1n) is 10.7. The number of H-pyrrole nitrogens is 1. The summed E-state index contributed by atoms with van der Waals surface area (Å²) >= 11 is 6.44. The Kier molecular flexibility index (Phi) is 5.33. The predicted molar refractivity (Wildman–Crippen MR) is 118 cm³/mol. The van der Waals surface area contributed by atoms with E-state index in [2.05, 4.69) is 20.6 Å². The zero-order chi connectivity index (χ0) is 22.4. The van der Waals surface area contributed by atoms with Crippen molar-refractivity contribution in [2.75, 3.05) is 10.6 Å². The molecule has 32 heavy (non-hydrogen) atoms. The molecular weight excluding hydrogens is 438 g/mol. The van der Waals surface area contributed by atoms with Gasteiger partial charge in [0.2, 0.25) is 17.5 Å². The fourth-order valence-electron chi connectivity index (χ4n) is 4.63. The highest BCUT2D eigenvalue weighted by Crippen LogP contribution is 2.38. The second kappa shape index (κ2) is 8.16. The molecule has 6 nitrogen and oxygen atoms in total. The van der Waals surface area contributed by atoms with Gasteiger partial charge in [-0.1, -0.05) is 30.9 Å². The number of aromatic nitrogens is 2. The number of carbonyl (C=O) groups is 2. The van der Waals surface area contributed by atoms with E-state index in [1.165, 1.54) is 25.5 Å². The van der Waals surface area contributed by atoms with Crippen LogP contribution in [0.3, 0.4) is 0 Å². The number of benzene rings is 1. The van der Waals surface area contributed by atoms with Gasteiger partial charge in [-0.2, -0.15) is 4.39 Å². The highest BCUT2D eigenvalue weighted by Gasteiger charge is 2.49. The fourth-order valence-corrected chi connectivity index (χ4v) is 4.90. The molecule has 2 atom stereocenters. The molecule has 0 saturated heterocycles. The molecule has 3 N–H and O–H groups in total. The first-order chi connectivity index (χ1) is 15.4. The van der Waals surface area contributed by atoms with Crippen LogP contribution in [-0.4, -0.2) is 33.6 Å². The van der Waals surface area contributed by atoms with Crippen molar-refractivity contribution in [3.63, 3.8) is 0 Å². The minimum absolute atomic E-state index is 0.154. The standard InChI is InChI=1S/C23H21ClF2N4O2/c24-14-7-6-12(8-13(14)11-4-2-1-3-5-11)28-19-20(22(32)21(19)31)29-17-10-27-16-9-15(25)23(26)30-18(16)17/h6-11,19-20,27-29H,1-5H2. The monoisotopic (exact) mass is 458 g/mol. The number of halogens is 3. The molecule has 9 heteroatoms. The summed E-state index contributed by atoms with van der Waals surface area (Å²) in [7, 11) is 0. The molecule has 2 aromatic heterocycles. The van der Waals surface area contributed by atoms with Crippen LogP contribution in [0.25, 0.3) is 11.0 Å². The van der Waals surface area contributed by atoms with Gasteiger partial charge < -0.3 is 15.6 Å². The lowest BCUT2D eigenvalue weighted by molar-refractivity contribution is -0.144. The van der Waals surface area contributed by atoms with Crippen LogP contribution in [0.4, 0.5) is 20.2 Å². The number of Topliss-reactive ketones (excluding diaryl/α,β-unsaturated/α-hetero) is 2. The van der Waals surface area contributed by atoms with E-state index in [4.69, 9.17) is 11.6 Å². The normalized spacial score (nSPS) is 21.6. The second-order valence-electron chi connectivity index (χ2n) is 8.40. The van der Waals surface area contributed by atoms with Crippen molar-refractivity contribution in [1.82, 2.24) is 9.97 Å². The molecule has 3 aromatic rings. The summed E-state index contributed by atoms with van der Waals surface area (Å²) in [5.74, 6) is -3.04. The van der Waals surface area contributed by atoms with Gasteiger partial charge in [-0.3, -0.25) is 9.59 Å². The number of hydrogen-bond donors (Lipinski definition) is 3. The molecule has 5 rings (SSSR count). The predicted octanol–water partition coefficient (Wildman–Crippen LogP) is 4.96. The third kappa shape index (κ3) is 3.62. The number of anilines is 2. The summed E-state index contributed by atoms with van der Waals surface area (Å²) in [5, 5.41) is 6.79. The van der Waals surface area contributed by atoms with Crippen molar-refractivity contribution in [2.24, 2.45) is 0 Å². The Bertz CT molecular complexity index is 1220. The Morgan fingerprint density at radius 2 is 1.72 bits per heavy atom. The largest absolute Gasteiger partial charge is 0.373 e. The fraction of sp³-hybridized carbons (Fsp3) is 0.348. The molecule has 0 aliphatic heterocycles. The van der Waals surface area contributed by atoms with Gasteiger partial charge in [0.05, 0.1) is 11.2 Å². The minimum Gasteiger partial charge on any atom is -0.373 e. The van der Waals surface area contributed by atoms with Gasteiger partial charge in [0, 0.05) is 23.0 Å². The molecule has 166 valence electrons. The van der Waals surface area contributed by atoms with Crippen LogP contribution in [0.5, 0.6) is 0 Å². The zero-order valence-corrected chi connectivity index (χ0v) is 17.8. The third-order valence-corrected chi connectivity index (χ3v) is 6.72. The summed E-state index contributed by atoms with van der Waals surface area (Å²) < 4.78 is 27.0. The zero-order valence-electron chi connectivity index (χ0n) is 17.1. The summed E-state index contributed by atoms with van der Waals surface area (Å²) in [4.78, 5) is 31.0. The average molecular weight is 459 g/mol. The van der Waals surface area contributed by atoms with E-state index in [-0.39, 0.29) is 11.0 Å². The second-order valence-corrected chi connectivity index (χ2v) is 8.81. The Morgan fingerprint density at radius 1 is 1.00 bits per heavy atom. The van der Waals surface area contributed by atoms with Crippen LogP contribution < -0.4 is 10.6 Å². The molecule has 2 fully saturated rings. The number of pyridine rings is 1. The molecule has 2 saturated carbocycles. The van der Waals surface area contributed by atoms with Gasteiger partial charge in [0.1, 0.15) is 17.6 Å². The number of carbonyl (C=O) groups excluding carboxylic acids is 2. The van der Waals surface area contributed by atoms with Crippen molar-refractivity contribution < 1.29 is 18.4 Å². The van der Waals surface area contributed by atoms with Gasteiger partial charge in [0.15, 0.2) is 5.82 Å². The van der Waals surface area contributed by atoms with E-state index in [0.29, 0.717) is 22.3 Å². The molecule has 2 aliphatic carbocycles. The highest BCUT2D eigenvalue weighted by molar-refractivity contribution is 6.50. The van der Waals surface area contributed by atoms with Crippen LogP contribution in [0.1, 0.15) is 43.6 Å². The summed E-state index contributed by atoms with van der Waals surface area (Å²) in [6.45, 7) is 0. The van der Waals surface area contributed by atoms with Gasteiger partial charge in [0.25, 0.3) is 0 Å². The van der Waals surface area contributed by atoms with E-state index in [0.717, 1.165) is 24.5 Å². The van der Waals surface area contributed by atoms with Crippen LogP contribution in [0, 0.1) is 11.8 Å². The average Bonchev–Trinajstić information content (AvgIpc) is 3.19.